The van der Waals surface area contributed by atoms with Crippen LogP contribution in [0.3, 0.4) is 0 Å². The molecule has 1 fully saturated rings. The van der Waals surface area contributed by atoms with E-state index in [1.54, 1.807) is 0 Å². The first-order valence-electron chi connectivity index (χ1n) is 6.37. The Hall–Kier alpha value is -0.490. The Morgan fingerprint density at radius 2 is 2.06 bits per heavy atom. The lowest BCUT2D eigenvalue weighted by molar-refractivity contribution is 0.398. The largest absolute Gasteiger partial charge is 0.122 e. The van der Waals surface area contributed by atoms with Gasteiger partial charge in [-0.1, -0.05) is 44.0 Å². The monoisotopic (exact) mass is 236 g/mol. The van der Waals surface area contributed by atoms with E-state index in [1.165, 1.54) is 30.4 Å². The molecule has 0 nitrogen and oxygen atoms in total. The van der Waals surface area contributed by atoms with Gasteiger partial charge in [0.2, 0.25) is 0 Å². The second-order valence-corrected chi connectivity index (χ2v) is 5.78. The van der Waals surface area contributed by atoms with Crippen molar-refractivity contribution in [1.29, 1.82) is 0 Å². The number of alkyl halides is 1. The number of aryl methyl sites for hydroxylation is 1. The predicted octanol–water partition coefficient (Wildman–Crippen LogP) is 4.58. The minimum atomic E-state index is 0.318. The minimum absolute atomic E-state index is 0.318. The summed E-state index contributed by atoms with van der Waals surface area (Å²) in [5.74, 6) is 1.53. The van der Waals surface area contributed by atoms with E-state index in [1.807, 2.05) is 0 Å². The van der Waals surface area contributed by atoms with Crippen molar-refractivity contribution in [3.63, 3.8) is 0 Å². The molecule has 2 rings (SSSR count). The molecule has 1 aliphatic carbocycles. The highest BCUT2D eigenvalue weighted by molar-refractivity contribution is 6.21. The average Bonchev–Trinajstić information content (AvgIpc) is 2.68. The zero-order valence-electron chi connectivity index (χ0n) is 10.2. The summed E-state index contributed by atoms with van der Waals surface area (Å²) >= 11 is 6.59. The molecule has 3 atom stereocenters. The van der Waals surface area contributed by atoms with Crippen LogP contribution in [0.15, 0.2) is 24.3 Å². The van der Waals surface area contributed by atoms with E-state index in [-0.39, 0.29) is 0 Å². The molecule has 1 aromatic carbocycles. The first-order valence-corrected chi connectivity index (χ1v) is 6.80. The Morgan fingerprint density at radius 3 is 2.69 bits per heavy atom. The molecular weight excluding hydrogens is 216 g/mol. The third-order valence-corrected chi connectivity index (χ3v) is 4.55. The van der Waals surface area contributed by atoms with E-state index in [0.29, 0.717) is 5.38 Å². The highest BCUT2D eigenvalue weighted by Crippen LogP contribution is 2.37. The zero-order chi connectivity index (χ0) is 11.5. The summed E-state index contributed by atoms with van der Waals surface area (Å²) in [7, 11) is 0. The lowest BCUT2D eigenvalue weighted by atomic mass is 9.90. The summed E-state index contributed by atoms with van der Waals surface area (Å²) in [5, 5.41) is 0.318. The van der Waals surface area contributed by atoms with Crippen LogP contribution < -0.4 is 0 Å². The second-order valence-electron chi connectivity index (χ2n) is 5.22. The topological polar surface area (TPSA) is 0 Å². The highest BCUT2D eigenvalue weighted by Gasteiger charge is 2.29. The maximum atomic E-state index is 6.59. The third kappa shape index (κ3) is 2.60. The van der Waals surface area contributed by atoms with Gasteiger partial charge in [-0.05, 0) is 42.7 Å². The maximum Gasteiger partial charge on any atom is 0.0407 e. The van der Waals surface area contributed by atoms with Gasteiger partial charge in [-0.15, -0.1) is 11.6 Å². The van der Waals surface area contributed by atoms with E-state index < -0.39 is 0 Å². The van der Waals surface area contributed by atoms with Crippen LogP contribution in [-0.2, 0) is 6.42 Å². The van der Waals surface area contributed by atoms with Crippen LogP contribution in [0.5, 0.6) is 0 Å². The van der Waals surface area contributed by atoms with Crippen molar-refractivity contribution >= 4 is 11.6 Å². The lowest BCUT2D eigenvalue weighted by Crippen LogP contribution is -2.20. The first-order chi connectivity index (χ1) is 7.68. The van der Waals surface area contributed by atoms with E-state index in [2.05, 4.69) is 38.1 Å². The standard InChI is InChI=1S/C15H21Cl/c1-11-6-3-4-8-13(11)10-15(16)14-9-5-7-12(14)2/h3-4,6,8,12,14-15H,5,7,9-10H2,1-2H3. The molecule has 0 aromatic heterocycles. The number of benzene rings is 1. The molecule has 0 N–H and O–H groups in total. The molecule has 3 unspecified atom stereocenters. The maximum absolute atomic E-state index is 6.59. The van der Waals surface area contributed by atoms with Gasteiger partial charge in [0.25, 0.3) is 0 Å². The third-order valence-electron chi connectivity index (χ3n) is 4.07. The van der Waals surface area contributed by atoms with Crippen LogP contribution in [-0.4, -0.2) is 5.38 Å². The van der Waals surface area contributed by atoms with E-state index in [0.717, 1.165) is 18.3 Å². The van der Waals surface area contributed by atoms with Gasteiger partial charge in [0.1, 0.15) is 0 Å². The molecule has 0 heterocycles. The molecule has 0 aliphatic heterocycles. The summed E-state index contributed by atoms with van der Waals surface area (Å²) in [5.41, 5.74) is 2.79. The SMILES string of the molecule is Cc1ccccc1CC(Cl)C1CCCC1C. The summed E-state index contributed by atoms with van der Waals surface area (Å²) in [4.78, 5) is 0. The van der Waals surface area contributed by atoms with Gasteiger partial charge in [-0.25, -0.2) is 0 Å². The van der Waals surface area contributed by atoms with Crippen LogP contribution in [0.25, 0.3) is 0 Å². The fourth-order valence-electron chi connectivity index (χ4n) is 2.91. The second kappa shape index (κ2) is 5.23. The molecule has 0 saturated heterocycles. The molecule has 88 valence electrons. The van der Waals surface area contributed by atoms with Gasteiger partial charge in [0.15, 0.2) is 0 Å². The Bertz CT molecular complexity index is 345. The quantitative estimate of drug-likeness (QED) is 0.674. The van der Waals surface area contributed by atoms with Crippen LogP contribution in [0.4, 0.5) is 0 Å². The Morgan fingerprint density at radius 1 is 1.31 bits per heavy atom. The number of hydrogen-bond donors (Lipinski definition) is 0. The molecular formula is C15H21Cl. The van der Waals surface area contributed by atoms with Gasteiger partial charge in [-0.2, -0.15) is 0 Å². The molecule has 16 heavy (non-hydrogen) atoms. The normalized spacial score (nSPS) is 26.9. The molecule has 1 heteroatoms. The molecule has 1 aromatic rings. The summed E-state index contributed by atoms with van der Waals surface area (Å²) < 4.78 is 0. The molecule has 0 amide bonds. The van der Waals surface area contributed by atoms with Crippen LogP contribution in [0, 0.1) is 18.8 Å². The van der Waals surface area contributed by atoms with Crippen molar-refractivity contribution in [1.82, 2.24) is 0 Å². The first kappa shape index (κ1) is 12.0. The number of hydrogen-bond acceptors (Lipinski definition) is 0. The lowest BCUT2D eigenvalue weighted by Gasteiger charge is -2.22. The number of halogens is 1. The van der Waals surface area contributed by atoms with E-state index >= 15 is 0 Å². The van der Waals surface area contributed by atoms with Crippen LogP contribution in [0.1, 0.15) is 37.3 Å². The Labute approximate surface area is 104 Å². The predicted molar refractivity (Wildman–Crippen MR) is 71.0 cm³/mol. The summed E-state index contributed by atoms with van der Waals surface area (Å²) in [6.07, 6.45) is 5.08. The van der Waals surface area contributed by atoms with Crippen molar-refractivity contribution in [2.24, 2.45) is 11.8 Å². The minimum Gasteiger partial charge on any atom is -0.122 e. The van der Waals surface area contributed by atoms with Gasteiger partial charge >= 0.3 is 0 Å². The highest BCUT2D eigenvalue weighted by atomic mass is 35.5. The van der Waals surface area contributed by atoms with Crippen molar-refractivity contribution in [3.8, 4) is 0 Å². The summed E-state index contributed by atoms with van der Waals surface area (Å²) in [6, 6.07) is 8.60. The molecule has 0 spiro atoms. The molecule has 1 aliphatic rings. The van der Waals surface area contributed by atoms with Gasteiger partial charge < -0.3 is 0 Å². The molecule has 1 saturated carbocycles. The summed E-state index contributed by atoms with van der Waals surface area (Å²) in [6.45, 7) is 4.53. The molecule has 0 bridgehead atoms. The van der Waals surface area contributed by atoms with Gasteiger partial charge in [-0.3, -0.25) is 0 Å². The van der Waals surface area contributed by atoms with Crippen LogP contribution >= 0.6 is 11.6 Å². The smallest absolute Gasteiger partial charge is 0.0407 e. The Kier molecular flexibility index (Phi) is 3.91. The zero-order valence-corrected chi connectivity index (χ0v) is 11.0. The van der Waals surface area contributed by atoms with Crippen molar-refractivity contribution < 1.29 is 0 Å². The fourth-order valence-corrected chi connectivity index (χ4v) is 3.45. The van der Waals surface area contributed by atoms with E-state index in [9.17, 15) is 0 Å². The average molecular weight is 237 g/mol. The fraction of sp³-hybridized carbons (Fsp3) is 0.600. The van der Waals surface area contributed by atoms with Crippen molar-refractivity contribution in [3.05, 3.63) is 35.4 Å². The Balaban J connectivity index is 2.02. The molecule has 0 radical (unpaired) electrons. The van der Waals surface area contributed by atoms with E-state index in [4.69, 9.17) is 11.6 Å². The van der Waals surface area contributed by atoms with Crippen LogP contribution in [0.2, 0.25) is 0 Å². The van der Waals surface area contributed by atoms with Crippen molar-refractivity contribution in [2.45, 2.75) is 44.9 Å². The number of rotatable bonds is 3. The van der Waals surface area contributed by atoms with Gasteiger partial charge in [0, 0.05) is 5.38 Å². The van der Waals surface area contributed by atoms with Crippen molar-refractivity contribution in [2.75, 3.05) is 0 Å². The van der Waals surface area contributed by atoms with Gasteiger partial charge in [0.05, 0.1) is 0 Å².